The van der Waals surface area contributed by atoms with E-state index in [0.717, 1.165) is 16.8 Å². The summed E-state index contributed by atoms with van der Waals surface area (Å²) >= 11 is 0. The molecule has 0 atom stereocenters. The number of anilines is 2. The van der Waals surface area contributed by atoms with Crippen molar-refractivity contribution in [2.24, 2.45) is 0 Å². The highest BCUT2D eigenvalue weighted by atomic mass is 16.5. The molecule has 0 aliphatic heterocycles. The van der Waals surface area contributed by atoms with Crippen molar-refractivity contribution in [3.8, 4) is 0 Å². The molecule has 148 valence electrons. The standard InChI is InChI=1S/C23H23N3O3/c1-3-29-23(28)18-7-9-20(10-8-18)26-21-12-19(14-24-15-21)22(27)25-13-17-6-4-5-16(2)11-17/h4-12,14-15,26H,3,13H2,1-2H3,(H,25,27). The van der Waals surface area contributed by atoms with Crippen LogP contribution >= 0.6 is 0 Å². The second-order valence-corrected chi connectivity index (χ2v) is 6.56. The van der Waals surface area contributed by atoms with Gasteiger partial charge in [0, 0.05) is 18.4 Å². The Balaban J connectivity index is 1.63. The van der Waals surface area contributed by atoms with Gasteiger partial charge in [-0.05, 0) is 49.7 Å². The van der Waals surface area contributed by atoms with Crippen LogP contribution in [0.2, 0.25) is 0 Å². The van der Waals surface area contributed by atoms with Crippen LogP contribution < -0.4 is 10.6 Å². The lowest BCUT2D eigenvalue weighted by Gasteiger charge is -2.10. The molecule has 2 aromatic carbocycles. The minimum absolute atomic E-state index is 0.194. The number of carbonyl (C=O) groups excluding carboxylic acids is 2. The van der Waals surface area contributed by atoms with E-state index in [9.17, 15) is 9.59 Å². The molecule has 0 spiro atoms. The predicted molar refractivity (Wildman–Crippen MR) is 112 cm³/mol. The lowest BCUT2D eigenvalue weighted by Crippen LogP contribution is -2.23. The van der Waals surface area contributed by atoms with Crippen molar-refractivity contribution in [2.75, 3.05) is 11.9 Å². The summed E-state index contributed by atoms with van der Waals surface area (Å²) in [5.41, 5.74) is 4.60. The average molecular weight is 389 g/mol. The van der Waals surface area contributed by atoms with Gasteiger partial charge in [0.2, 0.25) is 0 Å². The van der Waals surface area contributed by atoms with E-state index < -0.39 is 0 Å². The van der Waals surface area contributed by atoms with Crippen LogP contribution in [-0.2, 0) is 11.3 Å². The van der Waals surface area contributed by atoms with Crippen LogP contribution in [0.15, 0.2) is 67.0 Å². The van der Waals surface area contributed by atoms with Gasteiger partial charge in [-0.25, -0.2) is 4.79 Å². The van der Waals surface area contributed by atoms with Crippen LogP contribution in [0.4, 0.5) is 11.4 Å². The highest BCUT2D eigenvalue weighted by Gasteiger charge is 2.09. The minimum atomic E-state index is -0.354. The van der Waals surface area contributed by atoms with E-state index >= 15 is 0 Å². The topological polar surface area (TPSA) is 80.3 Å². The average Bonchev–Trinajstić information content (AvgIpc) is 2.73. The van der Waals surface area contributed by atoms with Crippen molar-refractivity contribution in [2.45, 2.75) is 20.4 Å². The van der Waals surface area contributed by atoms with Crippen molar-refractivity contribution in [1.29, 1.82) is 0 Å². The van der Waals surface area contributed by atoms with E-state index in [0.29, 0.717) is 30.0 Å². The zero-order chi connectivity index (χ0) is 20.6. The number of amides is 1. The maximum atomic E-state index is 12.5. The quantitative estimate of drug-likeness (QED) is 0.591. The van der Waals surface area contributed by atoms with Crippen molar-refractivity contribution in [3.63, 3.8) is 0 Å². The normalized spacial score (nSPS) is 10.3. The Hall–Kier alpha value is -3.67. The number of hydrogen-bond donors (Lipinski definition) is 2. The molecule has 6 nitrogen and oxygen atoms in total. The smallest absolute Gasteiger partial charge is 0.338 e. The Morgan fingerprint density at radius 2 is 1.76 bits per heavy atom. The maximum absolute atomic E-state index is 12.5. The number of aryl methyl sites for hydroxylation is 1. The Kier molecular flexibility index (Phi) is 6.58. The SMILES string of the molecule is CCOC(=O)c1ccc(Nc2cncc(C(=O)NCc3cccc(C)c3)c2)cc1. The third-order valence-electron chi connectivity index (χ3n) is 4.22. The fourth-order valence-electron chi connectivity index (χ4n) is 2.81. The number of esters is 1. The number of nitrogens with zero attached hydrogens (tertiary/aromatic N) is 1. The van der Waals surface area contributed by atoms with Gasteiger partial charge in [0.15, 0.2) is 0 Å². The highest BCUT2D eigenvalue weighted by Crippen LogP contribution is 2.18. The molecule has 29 heavy (non-hydrogen) atoms. The number of benzene rings is 2. The fraction of sp³-hybridized carbons (Fsp3) is 0.174. The molecule has 0 unspecified atom stereocenters. The predicted octanol–water partition coefficient (Wildman–Crippen LogP) is 4.24. The number of hydrogen-bond acceptors (Lipinski definition) is 5. The molecule has 2 N–H and O–H groups in total. The third kappa shape index (κ3) is 5.65. The molecule has 1 heterocycles. The summed E-state index contributed by atoms with van der Waals surface area (Å²) in [5, 5.41) is 6.09. The molecule has 3 rings (SSSR count). The molecule has 0 bridgehead atoms. The van der Waals surface area contributed by atoms with Crippen molar-refractivity contribution in [3.05, 3.63) is 89.2 Å². The molecular weight excluding hydrogens is 366 g/mol. The Morgan fingerprint density at radius 3 is 2.48 bits per heavy atom. The van der Waals surface area contributed by atoms with Gasteiger partial charge in [-0.15, -0.1) is 0 Å². The van der Waals surface area contributed by atoms with E-state index in [1.165, 1.54) is 6.20 Å². The number of rotatable bonds is 7. The van der Waals surface area contributed by atoms with Crippen molar-refractivity contribution >= 4 is 23.3 Å². The zero-order valence-electron chi connectivity index (χ0n) is 16.4. The van der Waals surface area contributed by atoms with Crippen LogP contribution in [0.25, 0.3) is 0 Å². The van der Waals surface area contributed by atoms with Gasteiger partial charge in [0.25, 0.3) is 5.91 Å². The largest absolute Gasteiger partial charge is 0.462 e. The molecule has 0 fully saturated rings. The van der Waals surface area contributed by atoms with E-state index in [-0.39, 0.29) is 11.9 Å². The summed E-state index contributed by atoms with van der Waals surface area (Å²) in [6, 6.07) is 16.7. The van der Waals surface area contributed by atoms with Gasteiger partial charge >= 0.3 is 5.97 Å². The molecular formula is C23H23N3O3. The first kappa shape index (κ1) is 20.1. The minimum Gasteiger partial charge on any atom is -0.462 e. The first-order valence-corrected chi connectivity index (χ1v) is 9.38. The summed E-state index contributed by atoms with van der Waals surface area (Å²) in [6.45, 7) is 4.57. The van der Waals surface area contributed by atoms with Gasteiger partial charge < -0.3 is 15.4 Å². The molecule has 0 saturated heterocycles. The van der Waals surface area contributed by atoms with Gasteiger partial charge in [-0.2, -0.15) is 0 Å². The van der Waals surface area contributed by atoms with Gasteiger partial charge in [-0.1, -0.05) is 29.8 Å². The third-order valence-corrected chi connectivity index (χ3v) is 4.22. The number of aromatic nitrogens is 1. The highest BCUT2D eigenvalue weighted by molar-refractivity contribution is 5.95. The van der Waals surface area contributed by atoms with E-state index in [1.54, 1.807) is 43.5 Å². The fourth-order valence-corrected chi connectivity index (χ4v) is 2.81. The Labute approximate surface area is 169 Å². The van der Waals surface area contributed by atoms with E-state index in [1.807, 2.05) is 31.2 Å². The molecule has 0 saturated carbocycles. The van der Waals surface area contributed by atoms with E-state index in [4.69, 9.17) is 4.74 Å². The second-order valence-electron chi connectivity index (χ2n) is 6.56. The van der Waals surface area contributed by atoms with Crippen molar-refractivity contribution < 1.29 is 14.3 Å². The molecule has 6 heteroatoms. The number of nitrogens with one attached hydrogen (secondary N) is 2. The molecule has 1 aromatic heterocycles. The Morgan fingerprint density at radius 1 is 0.966 bits per heavy atom. The van der Waals surface area contributed by atoms with E-state index in [2.05, 4.69) is 15.6 Å². The Bertz CT molecular complexity index is 1000. The van der Waals surface area contributed by atoms with Gasteiger partial charge in [-0.3, -0.25) is 9.78 Å². The van der Waals surface area contributed by atoms with Crippen LogP contribution in [0.1, 0.15) is 38.8 Å². The summed E-state index contributed by atoms with van der Waals surface area (Å²) in [6.07, 6.45) is 3.16. The first-order chi connectivity index (χ1) is 14.0. The number of ether oxygens (including phenoxy) is 1. The molecule has 3 aromatic rings. The summed E-state index contributed by atoms with van der Waals surface area (Å²) in [5.74, 6) is -0.548. The maximum Gasteiger partial charge on any atom is 0.338 e. The van der Waals surface area contributed by atoms with Gasteiger partial charge in [0.1, 0.15) is 0 Å². The number of pyridine rings is 1. The van der Waals surface area contributed by atoms with Gasteiger partial charge in [0.05, 0.1) is 29.6 Å². The van der Waals surface area contributed by atoms with Crippen LogP contribution in [0.5, 0.6) is 0 Å². The zero-order valence-corrected chi connectivity index (χ0v) is 16.4. The van der Waals surface area contributed by atoms with Crippen LogP contribution in [-0.4, -0.2) is 23.5 Å². The molecule has 0 aliphatic rings. The van der Waals surface area contributed by atoms with Crippen LogP contribution in [0, 0.1) is 6.92 Å². The summed E-state index contributed by atoms with van der Waals surface area (Å²) in [7, 11) is 0. The summed E-state index contributed by atoms with van der Waals surface area (Å²) in [4.78, 5) is 28.3. The molecule has 0 radical (unpaired) electrons. The van der Waals surface area contributed by atoms with Crippen LogP contribution in [0.3, 0.4) is 0 Å². The van der Waals surface area contributed by atoms with Crippen molar-refractivity contribution in [1.82, 2.24) is 10.3 Å². The molecule has 0 aliphatic carbocycles. The second kappa shape index (κ2) is 9.50. The first-order valence-electron chi connectivity index (χ1n) is 9.38. The molecule has 1 amide bonds. The lowest BCUT2D eigenvalue weighted by atomic mass is 10.1. The monoisotopic (exact) mass is 389 g/mol. The number of carbonyl (C=O) groups is 2. The summed E-state index contributed by atoms with van der Waals surface area (Å²) < 4.78 is 4.98. The lowest BCUT2D eigenvalue weighted by molar-refractivity contribution is 0.0526.